The molecule has 1 aliphatic carbocycles. The van der Waals surface area contributed by atoms with Gasteiger partial charge in [-0.2, -0.15) is 0 Å². The van der Waals surface area contributed by atoms with Gasteiger partial charge in [0, 0.05) is 30.4 Å². The molecule has 0 bridgehead atoms. The van der Waals surface area contributed by atoms with Gasteiger partial charge in [0.2, 0.25) is 0 Å². The van der Waals surface area contributed by atoms with Crippen LogP contribution in [0.15, 0.2) is 18.2 Å². The van der Waals surface area contributed by atoms with Crippen LogP contribution in [0.1, 0.15) is 43.0 Å². The number of ether oxygens (including phenoxy) is 1. The van der Waals surface area contributed by atoms with Crippen molar-refractivity contribution in [2.45, 2.75) is 38.6 Å². The second-order valence-corrected chi connectivity index (χ2v) is 5.82. The minimum Gasteiger partial charge on any atom is -0.497 e. The zero-order chi connectivity index (χ0) is 14.7. The molecule has 0 atom stereocenters. The number of methoxy groups -OCH3 is 1. The van der Waals surface area contributed by atoms with E-state index < -0.39 is 0 Å². The van der Waals surface area contributed by atoms with E-state index in [0.29, 0.717) is 23.0 Å². The number of anilines is 1. The molecule has 20 heavy (non-hydrogen) atoms. The first kappa shape index (κ1) is 14.7. The predicted molar refractivity (Wildman–Crippen MR) is 80.9 cm³/mol. The van der Waals surface area contributed by atoms with Gasteiger partial charge in [-0.1, -0.05) is 6.92 Å². The van der Waals surface area contributed by atoms with E-state index in [2.05, 4.69) is 6.92 Å². The highest BCUT2D eigenvalue weighted by molar-refractivity contribution is 5.95. The van der Waals surface area contributed by atoms with Gasteiger partial charge in [-0.3, -0.25) is 4.79 Å². The molecule has 1 aliphatic rings. The lowest BCUT2D eigenvalue weighted by Crippen LogP contribution is -2.39. The average Bonchev–Trinajstić information content (AvgIpc) is 2.45. The molecule has 4 heteroatoms. The third-order valence-electron chi connectivity index (χ3n) is 4.26. The summed E-state index contributed by atoms with van der Waals surface area (Å²) in [7, 11) is 3.47. The number of rotatable bonds is 3. The number of benzene rings is 1. The smallest absolute Gasteiger partial charge is 0.254 e. The highest BCUT2D eigenvalue weighted by Gasteiger charge is 2.25. The van der Waals surface area contributed by atoms with Gasteiger partial charge < -0.3 is 15.4 Å². The summed E-state index contributed by atoms with van der Waals surface area (Å²) in [5, 5.41) is 0. The maximum atomic E-state index is 12.6. The van der Waals surface area contributed by atoms with Gasteiger partial charge in [0.25, 0.3) is 5.91 Å². The standard InChI is InChI=1S/C16H24N2O2/c1-11-4-6-14(7-5-11)18(2)16(19)12-8-13(17)10-15(9-12)20-3/h8-11,14H,4-7,17H2,1-3H3. The molecule has 2 rings (SSSR count). The number of carbonyl (C=O) groups excluding carboxylic acids is 1. The lowest BCUT2D eigenvalue weighted by molar-refractivity contribution is 0.0679. The van der Waals surface area contributed by atoms with E-state index in [1.807, 2.05) is 11.9 Å². The van der Waals surface area contributed by atoms with E-state index in [1.165, 1.54) is 12.8 Å². The van der Waals surface area contributed by atoms with Crippen LogP contribution < -0.4 is 10.5 Å². The second-order valence-electron chi connectivity index (χ2n) is 5.82. The van der Waals surface area contributed by atoms with Gasteiger partial charge in [0.05, 0.1) is 7.11 Å². The minimum absolute atomic E-state index is 0.0233. The molecule has 0 radical (unpaired) electrons. The molecule has 1 saturated carbocycles. The Bertz CT molecular complexity index is 479. The second kappa shape index (κ2) is 6.16. The molecule has 0 aliphatic heterocycles. The number of hydrogen-bond donors (Lipinski definition) is 1. The van der Waals surface area contributed by atoms with Crippen molar-refractivity contribution in [1.29, 1.82) is 0 Å². The van der Waals surface area contributed by atoms with Crippen molar-refractivity contribution in [1.82, 2.24) is 4.90 Å². The van der Waals surface area contributed by atoms with Crippen molar-refractivity contribution in [3.8, 4) is 5.75 Å². The number of nitrogens with zero attached hydrogens (tertiary/aromatic N) is 1. The van der Waals surface area contributed by atoms with Crippen LogP contribution in [0.2, 0.25) is 0 Å². The number of nitrogens with two attached hydrogens (primary N) is 1. The summed E-state index contributed by atoms with van der Waals surface area (Å²) in [5.74, 6) is 1.43. The van der Waals surface area contributed by atoms with Crippen molar-refractivity contribution >= 4 is 11.6 Å². The molecule has 0 unspecified atom stereocenters. The van der Waals surface area contributed by atoms with E-state index in [1.54, 1.807) is 25.3 Å². The summed E-state index contributed by atoms with van der Waals surface area (Å²) < 4.78 is 5.17. The summed E-state index contributed by atoms with van der Waals surface area (Å²) in [6.45, 7) is 2.28. The highest BCUT2D eigenvalue weighted by atomic mass is 16.5. The third-order valence-corrected chi connectivity index (χ3v) is 4.26. The molecule has 0 aromatic heterocycles. The van der Waals surface area contributed by atoms with E-state index in [9.17, 15) is 4.79 Å². The van der Waals surface area contributed by atoms with Crippen molar-refractivity contribution in [3.63, 3.8) is 0 Å². The summed E-state index contributed by atoms with van der Waals surface area (Å²) in [4.78, 5) is 14.4. The molecule has 1 aromatic rings. The molecule has 1 amide bonds. The molecule has 0 spiro atoms. The summed E-state index contributed by atoms with van der Waals surface area (Å²) in [6, 6.07) is 5.53. The van der Waals surface area contributed by atoms with Crippen LogP contribution in [0.25, 0.3) is 0 Å². The van der Waals surface area contributed by atoms with Crippen molar-refractivity contribution in [2.24, 2.45) is 5.92 Å². The molecular formula is C16H24N2O2. The molecule has 1 fully saturated rings. The molecule has 0 heterocycles. The van der Waals surface area contributed by atoms with Crippen LogP contribution in [0.3, 0.4) is 0 Å². The maximum absolute atomic E-state index is 12.6. The summed E-state index contributed by atoms with van der Waals surface area (Å²) in [6.07, 6.45) is 4.57. The fourth-order valence-electron chi connectivity index (χ4n) is 2.86. The topological polar surface area (TPSA) is 55.6 Å². The predicted octanol–water partition coefficient (Wildman–Crippen LogP) is 2.93. The van der Waals surface area contributed by atoms with Crippen LogP contribution >= 0.6 is 0 Å². The van der Waals surface area contributed by atoms with Gasteiger partial charge in [-0.15, -0.1) is 0 Å². The normalized spacial score (nSPS) is 22.4. The number of hydrogen-bond acceptors (Lipinski definition) is 3. The molecule has 110 valence electrons. The Hall–Kier alpha value is -1.71. The lowest BCUT2D eigenvalue weighted by Gasteiger charge is -2.33. The highest BCUT2D eigenvalue weighted by Crippen LogP contribution is 2.28. The number of nitrogen functional groups attached to an aromatic ring is 1. The Morgan fingerprint density at radius 3 is 2.50 bits per heavy atom. The SMILES string of the molecule is COc1cc(N)cc(C(=O)N(C)C2CCC(C)CC2)c1. The molecule has 4 nitrogen and oxygen atoms in total. The van der Waals surface area contributed by atoms with Crippen LogP contribution in [0.4, 0.5) is 5.69 Å². The minimum atomic E-state index is 0.0233. The fraction of sp³-hybridized carbons (Fsp3) is 0.562. The van der Waals surface area contributed by atoms with Crippen molar-refractivity contribution in [2.75, 3.05) is 19.9 Å². The Balaban J connectivity index is 2.12. The number of amides is 1. The van der Waals surface area contributed by atoms with Gasteiger partial charge >= 0.3 is 0 Å². The monoisotopic (exact) mass is 276 g/mol. The van der Waals surface area contributed by atoms with Crippen LogP contribution in [-0.2, 0) is 0 Å². The summed E-state index contributed by atoms with van der Waals surface area (Å²) in [5.41, 5.74) is 6.97. The maximum Gasteiger partial charge on any atom is 0.254 e. The Morgan fingerprint density at radius 2 is 1.90 bits per heavy atom. The largest absolute Gasteiger partial charge is 0.497 e. The Labute approximate surface area is 120 Å². The quantitative estimate of drug-likeness (QED) is 0.864. The first-order chi connectivity index (χ1) is 9.51. The van der Waals surface area contributed by atoms with Gasteiger partial charge in [0.15, 0.2) is 0 Å². The van der Waals surface area contributed by atoms with Crippen LogP contribution in [0.5, 0.6) is 5.75 Å². The van der Waals surface area contributed by atoms with Gasteiger partial charge in [0.1, 0.15) is 5.75 Å². The van der Waals surface area contributed by atoms with E-state index in [-0.39, 0.29) is 5.91 Å². The average molecular weight is 276 g/mol. The van der Waals surface area contributed by atoms with Gasteiger partial charge in [-0.25, -0.2) is 0 Å². The molecular weight excluding hydrogens is 252 g/mol. The molecule has 1 aromatic carbocycles. The molecule has 2 N–H and O–H groups in total. The Morgan fingerprint density at radius 1 is 1.25 bits per heavy atom. The van der Waals surface area contributed by atoms with Gasteiger partial charge in [-0.05, 0) is 43.7 Å². The number of carbonyl (C=O) groups is 1. The fourth-order valence-corrected chi connectivity index (χ4v) is 2.86. The molecule has 0 saturated heterocycles. The summed E-state index contributed by atoms with van der Waals surface area (Å²) >= 11 is 0. The zero-order valence-corrected chi connectivity index (χ0v) is 12.6. The van der Waals surface area contributed by atoms with E-state index in [0.717, 1.165) is 18.8 Å². The first-order valence-corrected chi connectivity index (χ1v) is 7.23. The first-order valence-electron chi connectivity index (χ1n) is 7.23. The van der Waals surface area contributed by atoms with Crippen molar-refractivity contribution in [3.05, 3.63) is 23.8 Å². The van der Waals surface area contributed by atoms with Crippen LogP contribution in [-0.4, -0.2) is 31.0 Å². The zero-order valence-electron chi connectivity index (χ0n) is 12.6. The lowest BCUT2D eigenvalue weighted by atomic mass is 9.86. The van der Waals surface area contributed by atoms with E-state index in [4.69, 9.17) is 10.5 Å². The van der Waals surface area contributed by atoms with Crippen molar-refractivity contribution < 1.29 is 9.53 Å². The third kappa shape index (κ3) is 3.24. The van der Waals surface area contributed by atoms with E-state index >= 15 is 0 Å². The van der Waals surface area contributed by atoms with Crippen LogP contribution in [0, 0.1) is 5.92 Å². The Kier molecular flexibility index (Phi) is 4.53.